The van der Waals surface area contributed by atoms with E-state index in [1.807, 2.05) is 16.8 Å². The second-order valence-corrected chi connectivity index (χ2v) is 6.09. The molecule has 4 nitrogen and oxygen atoms in total. The molecule has 1 aromatic heterocycles. The molecule has 0 aliphatic carbocycles. The molecule has 2 rings (SSSR count). The van der Waals surface area contributed by atoms with Gasteiger partial charge in [-0.25, -0.2) is 5.43 Å². The molecular weight excluding hydrogens is 296 g/mol. The molecule has 0 atom stereocenters. The highest BCUT2D eigenvalue weighted by Crippen LogP contribution is 2.13. The fourth-order valence-corrected chi connectivity index (χ4v) is 2.30. The van der Waals surface area contributed by atoms with E-state index in [0.717, 1.165) is 17.7 Å². The molecule has 0 radical (unpaired) electrons. The maximum atomic E-state index is 11.9. The zero-order valence-electron chi connectivity index (χ0n) is 12.8. The molecule has 2 aromatic rings. The zero-order valence-corrected chi connectivity index (χ0v) is 13.6. The summed E-state index contributed by atoms with van der Waals surface area (Å²) in [4.78, 5) is 11.9. The molecular formula is C17H20N2O2S. The Balaban J connectivity index is 1.83. The van der Waals surface area contributed by atoms with Crippen LogP contribution in [-0.4, -0.2) is 18.7 Å². The van der Waals surface area contributed by atoms with Crippen LogP contribution in [-0.2, 0) is 0 Å². The number of hydrogen-bond donors (Lipinski definition) is 1. The lowest BCUT2D eigenvalue weighted by molar-refractivity contribution is 0.0955. The normalized spacial score (nSPS) is 11.0. The Morgan fingerprint density at radius 1 is 1.32 bits per heavy atom. The summed E-state index contributed by atoms with van der Waals surface area (Å²) >= 11 is 1.59. The number of hydrazone groups is 1. The van der Waals surface area contributed by atoms with Crippen LogP contribution in [0.3, 0.4) is 0 Å². The lowest BCUT2D eigenvalue weighted by Gasteiger charge is -2.08. The molecule has 5 heteroatoms. The Bertz CT molecular complexity index is 604. The van der Waals surface area contributed by atoms with E-state index in [9.17, 15) is 4.79 Å². The van der Waals surface area contributed by atoms with Gasteiger partial charge in [0, 0.05) is 11.1 Å². The first-order valence-electron chi connectivity index (χ1n) is 7.23. The van der Waals surface area contributed by atoms with Crippen molar-refractivity contribution < 1.29 is 9.53 Å². The van der Waals surface area contributed by atoms with Crippen LogP contribution in [0.5, 0.6) is 5.75 Å². The van der Waals surface area contributed by atoms with Crippen molar-refractivity contribution in [3.63, 3.8) is 0 Å². The Morgan fingerprint density at radius 2 is 2.09 bits per heavy atom. The third-order valence-corrected chi connectivity index (χ3v) is 3.70. The number of carbonyl (C=O) groups excluding carboxylic acids is 1. The lowest BCUT2D eigenvalue weighted by atomic mass is 10.1. The first-order valence-corrected chi connectivity index (χ1v) is 8.18. The number of nitrogens with zero attached hydrogens (tertiary/aromatic N) is 1. The van der Waals surface area contributed by atoms with Gasteiger partial charge in [-0.15, -0.1) is 0 Å². The second kappa shape index (κ2) is 8.34. The van der Waals surface area contributed by atoms with Crippen LogP contribution in [0.15, 0.2) is 46.2 Å². The van der Waals surface area contributed by atoms with Crippen LogP contribution >= 0.6 is 11.3 Å². The van der Waals surface area contributed by atoms with Gasteiger partial charge >= 0.3 is 0 Å². The number of rotatable bonds is 7. The summed E-state index contributed by atoms with van der Waals surface area (Å²) in [6, 6.07) is 9.01. The minimum Gasteiger partial charge on any atom is -0.494 e. The van der Waals surface area contributed by atoms with Crippen molar-refractivity contribution in [1.82, 2.24) is 5.43 Å². The van der Waals surface area contributed by atoms with Crippen LogP contribution in [0.4, 0.5) is 0 Å². The monoisotopic (exact) mass is 316 g/mol. The van der Waals surface area contributed by atoms with Crippen LogP contribution < -0.4 is 10.2 Å². The number of thiophene rings is 1. The molecule has 0 saturated heterocycles. The van der Waals surface area contributed by atoms with Crippen molar-refractivity contribution in [3.8, 4) is 5.75 Å². The predicted molar refractivity (Wildman–Crippen MR) is 90.8 cm³/mol. The molecule has 0 saturated carbocycles. The standard InChI is InChI=1S/C17H20N2O2S/c1-13(2)7-9-21-16-5-3-15(4-6-16)17(20)19-18-11-14-8-10-22-12-14/h3-6,8,10-13H,7,9H2,1-2H3,(H,19,20)/b18-11-. The highest BCUT2D eigenvalue weighted by atomic mass is 32.1. The topological polar surface area (TPSA) is 50.7 Å². The van der Waals surface area contributed by atoms with E-state index in [-0.39, 0.29) is 5.91 Å². The summed E-state index contributed by atoms with van der Waals surface area (Å²) in [5, 5.41) is 7.85. The van der Waals surface area contributed by atoms with E-state index in [2.05, 4.69) is 24.4 Å². The van der Waals surface area contributed by atoms with Gasteiger partial charge in [0.1, 0.15) is 5.75 Å². The number of ether oxygens (including phenoxy) is 1. The van der Waals surface area contributed by atoms with Gasteiger partial charge < -0.3 is 4.74 Å². The van der Waals surface area contributed by atoms with Crippen LogP contribution in [0.2, 0.25) is 0 Å². The molecule has 0 bridgehead atoms. The summed E-state index contributed by atoms with van der Waals surface area (Å²) in [6.07, 6.45) is 2.64. The van der Waals surface area contributed by atoms with Crippen molar-refractivity contribution in [2.24, 2.45) is 11.0 Å². The van der Waals surface area contributed by atoms with Crippen molar-refractivity contribution in [2.75, 3.05) is 6.61 Å². The molecule has 0 aliphatic rings. The number of benzene rings is 1. The molecule has 116 valence electrons. The van der Waals surface area contributed by atoms with Gasteiger partial charge in [0.15, 0.2) is 0 Å². The van der Waals surface area contributed by atoms with Crippen molar-refractivity contribution in [2.45, 2.75) is 20.3 Å². The van der Waals surface area contributed by atoms with Crippen LogP contribution in [0.25, 0.3) is 0 Å². The second-order valence-electron chi connectivity index (χ2n) is 5.31. The van der Waals surface area contributed by atoms with Gasteiger partial charge in [-0.05, 0) is 53.4 Å². The lowest BCUT2D eigenvalue weighted by Crippen LogP contribution is -2.17. The predicted octanol–water partition coefficient (Wildman–Crippen LogP) is 3.94. The quantitative estimate of drug-likeness (QED) is 0.621. The number of carbonyl (C=O) groups is 1. The first-order chi connectivity index (χ1) is 10.6. The van der Waals surface area contributed by atoms with Gasteiger partial charge in [0.25, 0.3) is 5.91 Å². The molecule has 22 heavy (non-hydrogen) atoms. The number of hydrogen-bond acceptors (Lipinski definition) is 4. The third kappa shape index (κ3) is 5.33. The van der Waals surface area contributed by atoms with Crippen molar-refractivity contribution >= 4 is 23.5 Å². The number of amides is 1. The fourth-order valence-electron chi connectivity index (χ4n) is 1.69. The summed E-state index contributed by atoms with van der Waals surface area (Å²) < 4.78 is 5.62. The molecule has 1 amide bonds. The van der Waals surface area contributed by atoms with E-state index < -0.39 is 0 Å². The average Bonchev–Trinajstić information content (AvgIpc) is 3.01. The zero-order chi connectivity index (χ0) is 15.8. The van der Waals surface area contributed by atoms with E-state index in [4.69, 9.17) is 4.74 Å². The van der Waals surface area contributed by atoms with Gasteiger partial charge in [0.05, 0.1) is 12.8 Å². The minimum absolute atomic E-state index is 0.236. The van der Waals surface area contributed by atoms with E-state index in [1.165, 1.54) is 0 Å². The molecule has 0 unspecified atom stereocenters. The Labute approximate surface area is 134 Å². The van der Waals surface area contributed by atoms with E-state index >= 15 is 0 Å². The molecule has 0 spiro atoms. The molecule has 1 aromatic carbocycles. The Morgan fingerprint density at radius 3 is 2.73 bits per heavy atom. The molecule has 0 fully saturated rings. The average molecular weight is 316 g/mol. The van der Waals surface area contributed by atoms with Crippen LogP contribution in [0.1, 0.15) is 36.2 Å². The van der Waals surface area contributed by atoms with Crippen LogP contribution in [0, 0.1) is 5.92 Å². The SMILES string of the molecule is CC(C)CCOc1ccc(C(=O)N/N=C\c2ccsc2)cc1. The van der Waals surface area contributed by atoms with Gasteiger partial charge in [0.2, 0.25) is 0 Å². The highest BCUT2D eigenvalue weighted by molar-refractivity contribution is 7.08. The summed E-state index contributed by atoms with van der Waals surface area (Å²) in [7, 11) is 0. The maximum absolute atomic E-state index is 11.9. The van der Waals surface area contributed by atoms with Crippen molar-refractivity contribution in [1.29, 1.82) is 0 Å². The number of nitrogens with one attached hydrogen (secondary N) is 1. The molecule has 0 aliphatic heterocycles. The van der Waals surface area contributed by atoms with E-state index in [1.54, 1.807) is 41.8 Å². The summed E-state index contributed by atoms with van der Waals surface area (Å²) in [5.41, 5.74) is 4.03. The van der Waals surface area contributed by atoms with Gasteiger partial charge in [-0.3, -0.25) is 4.79 Å². The summed E-state index contributed by atoms with van der Waals surface area (Å²) in [6.45, 7) is 5.01. The van der Waals surface area contributed by atoms with Gasteiger partial charge in [-0.2, -0.15) is 16.4 Å². The smallest absolute Gasteiger partial charge is 0.271 e. The summed E-state index contributed by atoms with van der Waals surface area (Å²) in [5.74, 6) is 1.16. The maximum Gasteiger partial charge on any atom is 0.271 e. The third-order valence-electron chi connectivity index (χ3n) is 3.00. The van der Waals surface area contributed by atoms with Crippen molar-refractivity contribution in [3.05, 3.63) is 52.2 Å². The van der Waals surface area contributed by atoms with Gasteiger partial charge in [-0.1, -0.05) is 13.8 Å². The Hall–Kier alpha value is -2.14. The van der Waals surface area contributed by atoms with E-state index in [0.29, 0.717) is 18.1 Å². The highest BCUT2D eigenvalue weighted by Gasteiger charge is 2.04. The minimum atomic E-state index is -0.236. The first kappa shape index (κ1) is 16.2. The molecule has 1 N–H and O–H groups in total. The fraction of sp³-hybridized carbons (Fsp3) is 0.294. The molecule has 1 heterocycles. The Kier molecular flexibility index (Phi) is 6.15. The largest absolute Gasteiger partial charge is 0.494 e.